The van der Waals surface area contributed by atoms with Crippen LogP contribution in [0.5, 0.6) is 0 Å². The molecule has 3 saturated heterocycles. The van der Waals surface area contributed by atoms with Crippen LogP contribution in [0.1, 0.15) is 33.1 Å². The predicted molar refractivity (Wildman–Crippen MR) is 108 cm³/mol. The molecule has 0 aromatic heterocycles. The van der Waals surface area contributed by atoms with Crippen molar-refractivity contribution in [2.45, 2.75) is 56.2 Å². The van der Waals surface area contributed by atoms with E-state index >= 15 is 4.39 Å². The van der Waals surface area contributed by atoms with E-state index in [0.717, 1.165) is 24.4 Å². The minimum absolute atomic E-state index is 0.0770. The molecule has 4 aliphatic heterocycles. The first-order valence-electron chi connectivity index (χ1n) is 10.5. The summed E-state index contributed by atoms with van der Waals surface area (Å²) in [5.41, 5.74) is -1.06. The van der Waals surface area contributed by atoms with Crippen LogP contribution >= 0.6 is 11.8 Å². The molecular formula is C20H30FN3O4S. The van der Waals surface area contributed by atoms with E-state index in [2.05, 4.69) is 10.2 Å². The number of aliphatic carboxylic acids is 1. The van der Waals surface area contributed by atoms with E-state index in [0.29, 0.717) is 32.5 Å². The number of carboxylic acids is 1. The first-order valence-corrected chi connectivity index (χ1v) is 11.4. The van der Waals surface area contributed by atoms with Crippen LogP contribution in [0.25, 0.3) is 0 Å². The van der Waals surface area contributed by atoms with Gasteiger partial charge >= 0.3 is 5.97 Å². The third-order valence-corrected chi connectivity index (χ3v) is 8.38. The monoisotopic (exact) mass is 427 g/mol. The average molecular weight is 428 g/mol. The van der Waals surface area contributed by atoms with Crippen LogP contribution in [0, 0.1) is 11.8 Å². The highest BCUT2D eigenvalue weighted by molar-refractivity contribution is 8.03. The molecule has 0 aromatic carbocycles. The molecule has 1 amide bonds. The number of hydrogen-bond acceptors (Lipinski definition) is 6. The Morgan fingerprint density at radius 1 is 1.41 bits per heavy atom. The van der Waals surface area contributed by atoms with Crippen LogP contribution in [0.2, 0.25) is 0 Å². The van der Waals surface area contributed by atoms with Crippen molar-refractivity contribution < 1.29 is 24.2 Å². The third kappa shape index (κ3) is 3.71. The van der Waals surface area contributed by atoms with Crippen molar-refractivity contribution in [3.8, 4) is 0 Å². The Kier molecular flexibility index (Phi) is 5.69. The van der Waals surface area contributed by atoms with Gasteiger partial charge in [-0.2, -0.15) is 0 Å². The molecule has 4 heterocycles. The third-order valence-electron chi connectivity index (χ3n) is 6.84. The zero-order valence-corrected chi connectivity index (χ0v) is 17.8. The first kappa shape index (κ1) is 21.1. The van der Waals surface area contributed by atoms with Crippen LogP contribution in [-0.4, -0.2) is 87.7 Å². The number of piperidine rings is 1. The number of nitrogens with zero attached hydrogens (tertiary/aromatic N) is 2. The molecule has 0 aliphatic carbocycles. The highest BCUT2D eigenvalue weighted by Gasteiger charge is 2.60. The molecule has 5 atom stereocenters. The van der Waals surface area contributed by atoms with E-state index in [9.17, 15) is 19.8 Å². The van der Waals surface area contributed by atoms with Gasteiger partial charge in [0.25, 0.3) is 0 Å². The van der Waals surface area contributed by atoms with Gasteiger partial charge in [0.05, 0.1) is 18.1 Å². The van der Waals surface area contributed by atoms with Gasteiger partial charge in [0.15, 0.2) is 0 Å². The Balaban J connectivity index is 1.44. The zero-order valence-electron chi connectivity index (χ0n) is 16.9. The van der Waals surface area contributed by atoms with Gasteiger partial charge < -0.3 is 20.4 Å². The number of thioether (sulfide) groups is 1. The Morgan fingerprint density at radius 3 is 2.72 bits per heavy atom. The lowest BCUT2D eigenvalue weighted by Gasteiger charge is -2.46. The second kappa shape index (κ2) is 7.83. The summed E-state index contributed by atoms with van der Waals surface area (Å²) in [5, 5.41) is 23.1. The van der Waals surface area contributed by atoms with E-state index in [1.807, 2.05) is 6.92 Å². The van der Waals surface area contributed by atoms with Gasteiger partial charge in [0.1, 0.15) is 11.4 Å². The predicted octanol–water partition coefficient (Wildman–Crippen LogP) is 1.04. The van der Waals surface area contributed by atoms with Crippen LogP contribution in [-0.2, 0) is 9.59 Å². The van der Waals surface area contributed by atoms with E-state index < -0.39 is 23.7 Å². The van der Waals surface area contributed by atoms with Crippen LogP contribution < -0.4 is 5.32 Å². The van der Waals surface area contributed by atoms with Crippen molar-refractivity contribution in [3.05, 3.63) is 10.6 Å². The summed E-state index contributed by atoms with van der Waals surface area (Å²) >= 11 is 1.53. The van der Waals surface area contributed by atoms with Crippen molar-refractivity contribution in [2.75, 3.05) is 32.7 Å². The van der Waals surface area contributed by atoms with Gasteiger partial charge in [-0.05, 0) is 45.8 Å². The fraction of sp³-hybridized carbons (Fsp3) is 0.800. The Morgan fingerprint density at radius 2 is 2.10 bits per heavy atom. The number of carbonyl (C=O) groups is 2. The number of carboxylic acid groups (broad SMARTS) is 1. The van der Waals surface area contributed by atoms with Crippen molar-refractivity contribution in [3.63, 3.8) is 0 Å². The Bertz CT molecular complexity index is 725. The number of amides is 1. The number of β-lactam (4-membered cyclic amide) rings is 1. The molecular weight excluding hydrogens is 397 g/mol. The average Bonchev–Trinajstić information content (AvgIpc) is 3.16. The lowest BCUT2D eigenvalue weighted by molar-refractivity contribution is -0.163. The number of aliphatic hydroxyl groups is 1. The molecule has 4 aliphatic rings. The highest BCUT2D eigenvalue weighted by atomic mass is 32.2. The van der Waals surface area contributed by atoms with E-state index in [1.165, 1.54) is 16.7 Å². The summed E-state index contributed by atoms with van der Waals surface area (Å²) < 4.78 is 15.0. The van der Waals surface area contributed by atoms with Gasteiger partial charge in [0.2, 0.25) is 5.91 Å². The summed E-state index contributed by atoms with van der Waals surface area (Å²) in [4.78, 5) is 28.6. The molecule has 0 spiro atoms. The number of aliphatic hydroxyl groups excluding tert-OH is 1. The molecule has 3 N–H and O–H groups in total. The maximum atomic E-state index is 15.0. The van der Waals surface area contributed by atoms with Gasteiger partial charge in [-0.1, -0.05) is 6.92 Å². The summed E-state index contributed by atoms with van der Waals surface area (Å²) in [6.45, 7) is 6.92. The number of nitrogens with one attached hydrogen (secondary N) is 1. The summed E-state index contributed by atoms with van der Waals surface area (Å²) in [7, 11) is 0. The van der Waals surface area contributed by atoms with Gasteiger partial charge in [-0.25, -0.2) is 9.18 Å². The Hall–Kier alpha value is -1.16. The second-order valence-electron chi connectivity index (χ2n) is 8.94. The smallest absolute Gasteiger partial charge is 0.353 e. The van der Waals surface area contributed by atoms with Crippen LogP contribution in [0.4, 0.5) is 4.39 Å². The lowest BCUT2D eigenvalue weighted by atomic mass is 9.79. The molecule has 7 nitrogen and oxygen atoms in total. The molecule has 0 radical (unpaired) electrons. The number of likely N-dealkylation sites (tertiary alicyclic amines) is 1. The fourth-order valence-corrected chi connectivity index (χ4v) is 6.85. The quantitative estimate of drug-likeness (QED) is 0.546. The number of halogens is 1. The molecule has 0 bridgehead atoms. The van der Waals surface area contributed by atoms with Crippen LogP contribution in [0.3, 0.4) is 0 Å². The molecule has 0 aromatic rings. The van der Waals surface area contributed by atoms with Gasteiger partial charge in [-0.3, -0.25) is 9.69 Å². The maximum absolute atomic E-state index is 15.0. The lowest BCUT2D eigenvalue weighted by Crippen LogP contribution is -2.63. The normalized spacial score (nSPS) is 35.6. The Labute approximate surface area is 174 Å². The van der Waals surface area contributed by atoms with Crippen molar-refractivity contribution >= 4 is 23.6 Å². The summed E-state index contributed by atoms with van der Waals surface area (Å²) in [6.07, 6.45) is 1.15. The summed E-state index contributed by atoms with van der Waals surface area (Å²) in [6, 6.07) is -0.280. The number of rotatable bonds is 6. The molecule has 0 saturated carbocycles. The topological polar surface area (TPSA) is 93.1 Å². The van der Waals surface area contributed by atoms with E-state index in [1.54, 1.807) is 6.92 Å². The molecule has 162 valence electrons. The largest absolute Gasteiger partial charge is 0.477 e. The second-order valence-corrected chi connectivity index (χ2v) is 10.3. The molecule has 4 rings (SSSR count). The first-order chi connectivity index (χ1) is 13.7. The standard InChI is InChI=1S/C20H30FN3O4S/c1-11-15-14(12(2)25)18(26)24(15)16(19(27)28)17(11)29-13-3-8-23(9-13)10-20(21)4-6-22-7-5-20/h11-15,22,25H,3-10H2,1-2H3,(H,27,28)/t11-,12-,13?,14-,15-/m1/s1. The number of fused-ring (bicyclic) bond motifs is 1. The van der Waals surface area contributed by atoms with E-state index in [4.69, 9.17) is 0 Å². The maximum Gasteiger partial charge on any atom is 0.353 e. The molecule has 29 heavy (non-hydrogen) atoms. The van der Waals surface area contributed by atoms with Gasteiger partial charge in [0, 0.05) is 29.2 Å². The van der Waals surface area contributed by atoms with E-state index in [-0.39, 0.29) is 28.8 Å². The van der Waals surface area contributed by atoms with Crippen molar-refractivity contribution in [1.82, 2.24) is 15.1 Å². The number of carbonyl (C=O) groups excluding carboxylic acids is 1. The minimum atomic E-state index is -1.14. The SMILES string of the molecule is C[C@@H](O)[C@H]1C(=O)N2C(C(=O)O)=C(SC3CCN(CC4(F)CCNCC4)C3)[C@H](C)[C@H]12. The zero-order chi connectivity index (χ0) is 20.9. The molecule has 1 unspecified atom stereocenters. The van der Waals surface area contributed by atoms with Crippen molar-refractivity contribution in [1.29, 1.82) is 0 Å². The molecule has 3 fully saturated rings. The number of hydrogen-bond donors (Lipinski definition) is 3. The highest BCUT2D eigenvalue weighted by Crippen LogP contribution is 2.52. The van der Waals surface area contributed by atoms with Gasteiger partial charge in [-0.15, -0.1) is 11.8 Å². The fourth-order valence-electron chi connectivity index (χ4n) is 5.33. The van der Waals surface area contributed by atoms with Crippen molar-refractivity contribution in [2.24, 2.45) is 11.8 Å². The summed E-state index contributed by atoms with van der Waals surface area (Å²) in [5.74, 6) is -2.05. The van der Waals surface area contributed by atoms with Crippen LogP contribution in [0.15, 0.2) is 10.6 Å². The minimum Gasteiger partial charge on any atom is -0.477 e. The molecule has 9 heteroatoms. The number of alkyl halides is 1.